The second kappa shape index (κ2) is 14.0. The van der Waals surface area contributed by atoms with Crippen molar-refractivity contribution in [1.29, 1.82) is 0 Å². The van der Waals surface area contributed by atoms with Crippen molar-refractivity contribution < 1.29 is 0 Å². The van der Waals surface area contributed by atoms with Crippen molar-refractivity contribution in [3.05, 3.63) is 49.3 Å². The molecule has 1 fully saturated rings. The standard InChI is InChI=1S/C24H30N10.2ClH/c1-5-19-21(25-7-1)29-17-31-23(19)27-9-3-11-33-13-15-34(16-14-33)12-4-10-28-24-20-6-2-8-26-22(20)30-18-32-24;;/h1-2,5-8,17-18H,3-4,9-16H2,(H,25,27,29,31)(H,26,28,30,32);2*1H. The van der Waals surface area contributed by atoms with Crippen LogP contribution in [0.25, 0.3) is 22.1 Å². The van der Waals surface area contributed by atoms with Gasteiger partial charge >= 0.3 is 0 Å². The SMILES string of the molecule is Cl.Cl.c1cnc2ncnc(NCCCN3CCN(CCCNc4ncnc5ncccc45)CC3)c2c1. The lowest BCUT2D eigenvalue weighted by Crippen LogP contribution is -2.47. The van der Waals surface area contributed by atoms with Gasteiger partial charge in [-0.05, 0) is 50.2 Å². The van der Waals surface area contributed by atoms with Gasteiger partial charge in [0, 0.05) is 51.7 Å². The van der Waals surface area contributed by atoms with Gasteiger partial charge in [-0.2, -0.15) is 0 Å². The van der Waals surface area contributed by atoms with Gasteiger partial charge in [0.05, 0.1) is 10.8 Å². The number of halogens is 2. The predicted molar refractivity (Wildman–Crippen MR) is 148 cm³/mol. The first-order chi connectivity index (χ1) is 16.9. The number of anilines is 2. The molecule has 1 aliphatic heterocycles. The molecule has 12 heteroatoms. The lowest BCUT2D eigenvalue weighted by Gasteiger charge is -2.34. The Balaban J connectivity index is 0.00000180. The molecule has 2 N–H and O–H groups in total. The third-order valence-electron chi connectivity index (χ3n) is 6.17. The maximum atomic E-state index is 4.37. The Hall–Kier alpha value is -2.92. The van der Waals surface area contributed by atoms with Gasteiger partial charge in [0.2, 0.25) is 0 Å². The van der Waals surface area contributed by atoms with Crippen molar-refractivity contribution in [3.63, 3.8) is 0 Å². The zero-order valence-corrected chi connectivity index (χ0v) is 21.7. The largest absolute Gasteiger partial charge is 0.369 e. The third kappa shape index (κ3) is 7.07. The molecule has 0 aliphatic carbocycles. The van der Waals surface area contributed by atoms with E-state index in [1.54, 1.807) is 25.0 Å². The lowest BCUT2D eigenvalue weighted by atomic mass is 10.2. The molecular weight excluding hydrogens is 499 g/mol. The fourth-order valence-corrected chi connectivity index (χ4v) is 4.33. The number of nitrogens with one attached hydrogen (secondary N) is 2. The van der Waals surface area contributed by atoms with E-state index in [0.29, 0.717) is 0 Å². The van der Waals surface area contributed by atoms with Crippen LogP contribution in [0, 0.1) is 0 Å². The van der Waals surface area contributed by atoms with Crippen molar-refractivity contribution in [2.45, 2.75) is 12.8 Å². The molecule has 0 unspecified atom stereocenters. The number of hydrogen-bond acceptors (Lipinski definition) is 10. The van der Waals surface area contributed by atoms with Gasteiger partial charge in [0.1, 0.15) is 24.3 Å². The normalized spacial score (nSPS) is 14.2. The first-order valence-corrected chi connectivity index (χ1v) is 11.9. The molecule has 0 saturated carbocycles. The van der Waals surface area contributed by atoms with E-state index >= 15 is 0 Å². The molecule has 10 nitrogen and oxygen atoms in total. The van der Waals surface area contributed by atoms with Crippen LogP contribution in [-0.4, -0.2) is 92.1 Å². The smallest absolute Gasteiger partial charge is 0.164 e. The molecule has 5 heterocycles. The average molecular weight is 531 g/mol. The van der Waals surface area contributed by atoms with E-state index in [1.165, 1.54) is 0 Å². The molecule has 0 atom stereocenters. The topological polar surface area (TPSA) is 108 Å². The molecule has 0 spiro atoms. The quantitative estimate of drug-likeness (QED) is 0.297. The van der Waals surface area contributed by atoms with Crippen molar-refractivity contribution in [3.8, 4) is 0 Å². The third-order valence-corrected chi connectivity index (χ3v) is 6.17. The summed E-state index contributed by atoms with van der Waals surface area (Å²) in [6.07, 6.45) is 8.81. The van der Waals surface area contributed by atoms with E-state index in [-0.39, 0.29) is 24.8 Å². The van der Waals surface area contributed by atoms with E-state index < -0.39 is 0 Å². The highest BCUT2D eigenvalue weighted by atomic mass is 35.5. The van der Waals surface area contributed by atoms with Crippen LogP contribution in [0.1, 0.15) is 12.8 Å². The Morgan fingerprint density at radius 3 is 1.50 bits per heavy atom. The number of piperazine rings is 1. The summed E-state index contributed by atoms with van der Waals surface area (Å²) < 4.78 is 0. The number of nitrogens with zero attached hydrogens (tertiary/aromatic N) is 8. The fourth-order valence-electron chi connectivity index (χ4n) is 4.33. The van der Waals surface area contributed by atoms with Gasteiger partial charge in [-0.1, -0.05) is 0 Å². The Morgan fingerprint density at radius 1 is 0.611 bits per heavy atom. The minimum atomic E-state index is 0. The van der Waals surface area contributed by atoms with Crippen LogP contribution in [0.2, 0.25) is 0 Å². The maximum absolute atomic E-state index is 4.37. The molecule has 1 saturated heterocycles. The molecule has 0 radical (unpaired) electrons. The number of rotatable bonds is 10. The molecule has 0 amide bonds. The maximum Gasteiger partial charge on any atom is 0.164 e. The summed E-state index contributed by atoms with van der Waals surface area (Å²) in [5.41, 5.74) is 1.46. The predicted octanol–water partition coefficient (Wildman–Crippen LogP) is 3.13. The first kappa shape index (κ1) is 27.7. The molecule has 36 heavy (non-hydrogen) atoms. The van der Waals surface area contributed by atoms with Crippen LogP contribution in [0.3, 0.4) is 0 Å². The number of aromatic nitrogens is 6. The summed E-state index contributed by atoms with van der Waals surface area (Å²) in [7, 11) is 0. The average Bonchev–Trinajstić information content (AvgIpc) is 2.90. The van der Waals surface area contributed by atoms with Crippen LogP contribution in [0.5, 0.6) is 0 Å². The second-order valence-corrected chi connectivity index (χ2v) is 8.44. The van der Waals surface area contributed by atoms with Crippen LogP contribution >= 0.6 is 24.8 Å². The molecule has 0 bridgehead atoms. The van der Waals surface area contributed by atoms with Crippen LogP contribution in [-0.2, 0) is 0 Å². The van der Waals surface area contributed by atoms with Crippen LogP contribution < -0.4 is 10.6 Å². The highest BCUT2D eigenvalue weighted by Gasteiger charge is 2.16. The zero-order valence-electron chi connectivity index (χ0n) is 20.1. The Labute approximate surface area is 223 Å². The van der Waals surface area contributed by atoms with Gasteiger partial charge in [-0.25, -0.2) is 29.9 Å². The Kier molecular flexibility index (Phi) is 10.7. The molecule has 192 valence electrons. The van der Waals surface area contributed by atoms with E-state index in [1.807, 2.05) is 24.3 Å². The van der Waals surface area contributed by atoms with Crippen LogP contribution in [0.15, 0.2) is 49.3 Å². The van der Waals surface area contributed by atoms with E-state index in [2.05, 4.69) is 50.3 Å². The van der Waals surface area contributed by atoms with Gasteiger partial charge in [0.15, 0.2) is 11.3 Å². The Morgan fingerprint density at radius 2 is 1.06 bits per heavy atom. The number of fused-ring (bicyclic) bond motifs is 2. The monoisotopic (exact) mass is 530 g/mol. The van der Waals surface area contributed by atoms with Gasteiger partial charge in [-0.15, -0.1) is 24.8 Å². The molecule has 4 aromatic rings. The molecule has 4 aromatic heterocycles. The molecular formula is C24H32Cl2N10. The number of pyridine rings is 2. The Bertz CT molecular complexity index is 1110. The van der Waals surface area contributed by atoms with Crippen molar-refractivity contribution in [2.24, 2.45) is 0 Å². The summed E-state index contributed by atoms with van der Waals surface area (Å²) in [5.74, 6) is 1.73. The molecule has 0 aromatic carbocycles. The minimum absolute atomic E-state index is 0. The van der Waals surface area contributed by atoms with E-state index in [9.17, 15) is 0 Å². The van der Waals surface area contributed by atoms with Crippen molar-refractivity contribution in [2.75, 3.05) is 63.0 Å². The van der Waals surface area contributed by atoms with Crippen LogP contribution in [0.4, 0.5) is 11.6 Å². The van der Waals surface area contributed by atoms with Gasteiger partial charge in [-0.3, -0.25) is 0 Å². The molecule has 5 rings (SSSR count). The van der Waals surface area contributed by atoms with E-state index in [0.717, 1.165) is 98.9 Å². The summed E-state index contributed by atoms with van der Waals surface area (Å²) in [6, 6.07) is 7.85. The van der Waals surface area contributed by atoms with Crippen molar-refractivity contribution >= 4 is 58.5 Å². The summed E-state index contributed by atoms with van der Waals surface area (Å²) in [5, 5.41) is 8.83. The fraction of sp³-hybridized carbons (Fsp3) is 0.417. The highest BCUT2D eigenvalue weighted by molar-refractivity contribution is 5.86. The highest BCUT2D eigenvalue weighted by Crippen LogP contribution is 2.17. The van der Waals surface area contributed by atoms with Gasteiger partial charge in [0.25, 0.3) is 0 Å². The van der Waals surface area contributed by atoms with Crippen molar-refractivity contribution in [1.82, 2.24) is 39.7 Å². The summed E-state index contributed by atoms with van der Waals surface area (Å²) >= 11 is 0. The summed E-state index contributed by atoms with van der Waals surface area (Å²) in [4.78, 5) is 30.9. The first-order valence-electron chi connectivity index (χ1n) is 11.9. The summed E-state index contributed by atoms with van der Waals surface area (Å²) in [6.45, 7) is 8.45. The minimum Gasteiger partial charge on any atom is -0.369 e. The lowest BCUT2D eigenvalue weighted by molar-refractivity contribution is 0.132. The van der Waals surface area contributed by atoms with Gasteiger partial charge < -0.3 is 20.4 Å². The number of hydrogen-bond donors (Lipinski definition) is 2. The zero-order chi connectivity index (χ0) is 23.0. The molecule has 1 aliphatic rings. The van der Waals surface area contributed by atoms with E-state index in [4.69, 9.17) is 0 Å². The second-order valence-electron chi connectivity index (χ2n) is 8.44.